The molecule has 0 aromatic heterocycles. The van der Waals surface area contributed by atoms with Crippen LogP contribution in [0.1, 0.15) is 33.1 Å². The summed E-state index contributed by atoms with van der Waals surface area (Å²) in [4.78, 5) is 12.0. The number of hydrogen-bond donors (Lipinski definition) is 1. The first-order valence-corrected chi connectivity index (χ1v) is 8.84. The van der Waals surface area contributed by atoms with Crippen molar-refractivity contribution >= 4 is 28.6 Å². The van der Waals surface area contributed by atoms with Crippen molar-refractivity contribution in [3.05, 3.63) is 0 Å². The zero-order valence-electron chi connectivity index (χ0n) is 11.8. The van der Waals surface area contributed by atoms with Crippen LogP contribution < -0.4 is 0 Å². The number of hydrogen-bond acceptors (Lipinski definition) is 4. The Morgan fingerprint density at radius 3 is 2.85 bits per heavy atom. The van der Waals surface area contributed by atoms with E-state index in [1.165, 1.54) is 0 Å². The summed E-state index contributed by atoms with van der Waals surface area (Å²) in [5.74, 6) is -0.472. The van der Waals surface area contributed by atoms with Gasteiger partial charge in [-0.1, -0.05) is 36.4 Å². The second-order valence-corrected chi connectivity index (χ2v) is 8.75. The predicted octanol–water partition coefficient (Wildman–Crippen LogP) is 2.12. The molecule has 1 N–H and O–H groups in total. The van der Waals surface area contributed by atoms with Crippen LogP contribution in [0.25, 0.3) is 0 Å². The van der Waals surface area contributed by atoms with E-state index in [0.717, 1.165) is 12.8 Å². The number of aliphatic hydroxyl groups is 1. The standard InChI is InChI=1S/C15H21IO4/c1-7-9-3-4-14-6-19-15(18,5-10(14)16)8(2)11(14)12(9)20-13(7)17/h7-12,18H,3-6H2,1-2H3/t7-,8-,9?,10+,11+,12-,14+,15+/m0/s1. The molecule has 1 unspecified atom stereocenters. The topological polar surface area (TPSA) is 55.8 Å². The molecule has 112 valence electrons. The summed E-state index contributed by atoms with van der Waals surface area (Å²) in [5, 5.41) is 10.8. The van der Waals surface area contributed by atoms with Crippen LogP contribution in [0.5, 0.6) is 0 Å². The highest BCUT2D eigenvalue weighted by molar-refractivity contribution is 14.1. The first-order valence-electron chi connectivity index (χ1n) is 7.60. The highest BCUT2D eigenvalue weighted by Gasteiger charge is 2.69. The zero-order chi connectivity index (χ0) is 14.3. The summed E-state index contributed by atoms with van der Waals surface area (Å²) in [5.41, 5.74) is 0.0793. The summed E-state index contributed by atoms with van der Waals surface area (Å²) in [7, 11) is 0. The first-order chi connectivity index (χ1) is 9.39. The molecule has 0 aromatic rings. The van der Waals surface area contributed by atoms with Crippen molar-refractivity contribution in [1.82, 2.24) is 0 Å². The van der Waals surface area contributed by atoms with E-state index >= 15 is 0 Å². The molecule has 0 amide bonds. The summed E-state index contributed by atoms with van der Waals surface area (Å²) >= 11 is 2.48. The number of fused-ring (bicyclic) bond motifs is 3. The maximum absolute atomic E-state index is 12.0. The summed E-state index contributed by atoms with van der Waals surface area (Å²) in [6.07, 6.45) is 2.82. The largest absolute Gasteiger partial charge is 0.461 e. The maximum atomic E-state index is 12.0. The lowest BCUT2D eigenvalue weighted by atomic mass is 9.50. The van der Waals surface area contributed by atoms with Crippen LogP contribution in [0.2, 0.25) is 0 Å². The van der Waals surface area contributed by atoms with Crippen LogP contribution in [0, 0.1) is 29.1 Å². The van der Waals surface area contributed by atoms with E-state index in [1.807, 2.05) is 6.92 Å². The fraction of sp³-hybridized carbons (Fsp3) is 0.933. The first kappa shape index (κ1) is 13.8. The number of ether oxygens (including phenoxy) is 2. The molecule has 5 fully saturated rings. The van der Waals surface area contributed by atoms with E-state index in [4.69, 9.17) is 9.47 Å². The van der Waals surface area contributed by atoms with Crippen molar-refractivity contribution in [2.24, 2.45) is 29.1 Å². The van der Waals surface area contributed by atoms with Crippen LogP contribution in [0.4, 0.5) is 0 Å². The van der Waals surface area contributed by atoms with Gasteiger partial charge < -0.3 is 14.6 Å². The number of esters is 1. The molecule has 2 aliphatic carbocycles. The van der Waals surface area contributed by atoms with Gasteiger partial charge in [-0.2, -0.15) is 0 Å². The Hall–Kier alpha value is 0.120. The maximum Gasteiger partial charge on any atom is 0.309 e. The molecule has 4 nitrogen and oxygen atoms in total. The van der Waals surface area contributed by atoms with Crippen molar-refractivity contribution in [2.45, 2.75) is 48.9 Å². The average molecular weight is 392 g/mol. The highest BCUT2D eigenvalue weighted by atomic mass is 127. The molecule has 3 aliphatic heterocycles. The quantitative estimate of drug-likeness (QED) is 0.390. The number of alkyl halides is 1. The molecule has 2 saturated carbocycles. The Balaban J connectivity index is 1.77. The number of carbonyl (C=O) groups excluding carboxylic acids is 1. The summed E-state index contributed by atoms with van der Waals surface area (Å²) in [6.45, 7) is 4.67. The van der Waals surface area contributed by atoms with E-state index in [9.17, 15) is 9.90 Å². The average Bonchev–Trinajstić information content (AvgIpc) is 2.68. The lowest BCUT2D eigenvalue weighted by molar-refractivity contribution is -0.350. The fourth-order valence-corrected chi connectivity index (χ4v) is 6.79. The normalized spacial score (nSPS) is 60.9. The van der Waals surface area contributed by atoms with Gasteiger partial charge in [-0.3, -0.25) is 4.79 Å². The molecular weight excluding hydrogens is 371 g/mol. The van der Waals surface area contributed by atoms with Gasteiger partial charge in [0.05, 0.1) is 12.5 Å². The Labute approximate surface area is 132 Å². The Morgan fingerprint density at radius 1 is 1.40 bits per heavy atom. The second kappa shape index (κ2) is 4.10. The molecule has 3 heterocycles. The Kier molecular flexibility index (Phi) is 2.82. The molecule has 3 saturated heterocycles. The van der Waals surface area contributed by atoms with Crippen LogP contribution in [0.3, 0.4) is 0 Å². The van der Waals surface area contributed by atoms with Crippen molar-refractivity contribution in [3.63, 3.8) is 0 Å². The van der Waals surface area contributed by atoms with E-state index in [-0.39, 0.29) is 35.2 Å². The van der Waals surface area contributed by atoms with E-state index in [1.54, 1.807) is 0 Å². The van der Waals surface area contributed by atoms with Gasteiger partial charge in [0.1, 0.15) is 6.10 Å². The third-order valence-electron chi connectivity index (χ3n) is 6.59. The van der Waals surface area contributed by atoms with Crippen molar-refractivity contribution in [2.75, 3.05) is 6.61 Å². The van der Waals surface area contributed by atoms with Gasteiger partial charge in [0.25, 0.3) is 0 Å². The minimum Gasteiger partial charge on any atom is -0.461 e. The van der Waals surface area contributed by atoms with Gasteiger partial charge in [-0.15, -0.1) is 0 Å². The molecule has 2 bridgehead atoms. The number of rotatable bonds is 0. The molecule has 0 aromatic carbocycles. The van der Waals surface area contributed by atoms with Gasteiger partial charge in [0.15, 0.2) is 5.79 Å². The van der Waals surface area contributed by atoms with Crippen LogP contribution in [-0.2, 0) is 14.3 Å². The van der Waals surface area contributed by atoms with Crippen molar-refractivity contribution in [1.29, 1.82) is 0 Å². The third-order valence-corrected chi connectivity index (χ3v) is 8.27. The van der Waals surface area contributed by atoms with Gasteiger partial charge >= 0.3 is 5.97 Å². The number of carbonyl (C=O) groups is 1. The molecular formula is C15H21IO4. The molecule has 8 atom stereocenters. The van der Waals surface area contributed by atoms with Crippen molar-refractivity contribution < 1.29 is 19.4 Å². The van der Waals surface area contributed by atoms with E-state index in [0.29, 0.717) is 22.9 Å². The molecule has 1 spiro atoms. The smallest absolute Gasteiger partial charge is 0.309 e. The van der Waals surface area contributed by atoms with Gasteiger partial charge in [-0.25, -0.2) is 0 Å². The summed E-state index contributed by atoms with van der Waals surface area (Å²) in [6, 6.07) is 0. The molecule has 0 radical (unpaired) electrons. The number of halogens is 1. The Bertz CT molecular complexity index is 469. The molecule has 5 aliphatic rings. The predicted molar refractivity (Wildman–Crippen MR) is 80.2 cm³/mol. The lowest BCUT2D eigenvalue weighted by Crippen LogP contribution is -2.70. The minimum atomic E-state index is -1.03. The van der Waals surface area contributed by atoms with E-state index in [2.05, 4.69) is 29.5 Å². The highest BCUT2D eigenvalue weighted by Crippen LogP contribution is 2.65. The summed E-state index contributed by atoms with van der Waals surface area (Å²) < 4.78 is 12.0. The lowest BCUT2D eigenvalue weighted by Gasteiger charge is -2.64. The molecule has 5 heteroatoms. The van der Waals surface area contributed by atoms with E-state index < -0.39 is 5.79 Å². The van der Waals surface area contributed by atoms with Crippen LogP contribution in [0.15, 0.2) is 0 Å². The van der Waals surface area contributed by atoms with Crippen LogP contribution >= 0.6 is 22.6 Å². The second-order valence-electron chi connectivity index (χ2n) is 7.25. The Morgan fingerprint density at radius 2 is 2.15 bits per heavy atom. The van der Waals surface area contributed by atoms with Gasteiger partial charge in [0, 0.05) is 33.5 Å². The molecule has 5 rings (SSSR count). The van der Waals surface area contributed by atoms with Gasteiger partial charge in [0.2, 0.25) is 0 Å². The third kappa shape index (κ3) is 1.47. The fourth-order valence-electron chi connectivity index (χ4n) is 5.25. The molecule has 20 heavy (non-hydrogen) atoms. The minimum absolute atomic E-state index is 0.00762. The van der Waals surface area contributed by atoms with Crippen molar-refractivity contribution in [3.8, 4) is 0 Å². The monoisotopic (exact) mass is 392 g/mol. The SMILES string of the molecule is C[C@@H]1C(=O)O[C@H]2C1CC[C@@]13CO[C@](O)(C[C@H]1I)[C@@H](C)[C@H]23. The van der Waals surface area contributed by atoms with Crippen LogP contribution in [-0.4, -0.2) is 33.5 Å². The van der Waals surface area contributed by atoms with Gasteiger partial charge in [-0.05, 0) is 12.8 Å². The zero-order valence-corrected chi connectivity index (χ0v) is 14.0.